The van der Waals surface area contributed by atoms with E-state index in [1.807, 2.05) is 12.1 Å². The van der Waals surface area contributed by atoms with E-state index < -0.39 is 0 Å². The van der Waals surface area contributed by atoms with Crippen LogP contribution in [0.15, 0.2) is 18.2 Å². The Hall–Kier alpha value is -1.09. The van der Waals surface area contributed by atoms with Gasteiger partial charge in [0.25, 0.3) is 0 Å². The fourth-order valence-electron chi connectivity index (χ4n) is 1.75. The Labute approximate surface area is 110 Å². The molecule has 0 fully saturated rings. The van der Waals surface area contributed by atoms with Crippen LogP contribution in [0.2, 0.25) is 0 Å². The molecule has 0 saturated heterocycles. The van der Waals surface area contributed by atoms with E-state index in [0.717, 1.165) is 18.5 Å². The number of hydrogen-bond acceptors (Lipinski definition) is 2. The van der Waals surface area contributed by atoms with Crippen molar-refractivity contribution in [1.82, 2.24) is 5.32 Å². The molecule has 0 saturated carbocycles. The fourth-order valence-corrected chi connectivity index (χ4v) is 1.75. The van der Waals surface area contributed by atoms with Crippen molar-refractivity contribution in [2.24, 2.45) is 5.92 Å². The first-order chi connectivity index (χ1) is 8.31. The molecule has 1 N–H and O–H groups in total. The van der Waals surface area contributed by atoms with Gasteiger partial charge in [0.05, 0.1) is 7.11 Å². The van der Waals surface area contributed by atoms with Crippen LogP contribution in [0.4, 0.5) is 4.39 Å². The average Bonchev–Trinajstić information content (AvgIpc) is 2.28. The van der Waals surface area contributed by atoms with E-state index in [-0.39, 0.29) is 11.4 Å². The molecule has 1 atom stereocenters. The van der Waals surface area contributed by atoms with Crippen LogP contribution in [0.5, 0.6) is 5.75 Å². The molecule has 0 bridgehead atoms. The minimum Gasteiger partial charge on any atom is -0.497 e. The van der Waals surface area contributed by atoms with E-state index in [1.54, 1.807) is 7.11 Å². The Morgan fingerprint density at radius 2 is 2.00 bits per heavy atom. The topological polar surface area (TPSA) is 21.3 Å². The highest BCUT2D eigenvalue weighted by Crippen LogP contribution is 2.19. The molecular weight excluding hydrogens is 229 g/mol. The quantitative estimate of drug-likeness (QED) is 0.868. The van der Waals surface area contributed by atoms with Gasteiger partial charge in [-0.2, -0.15) is 0 Å². The third-order valence-corrected chi connectivity index (χ3v) is 2.81. The SMILES string of the molecule is COc1ccc(CC(C)CNC(C)(C)C)c(F)c1. The van der Waals surface area contributed by atoms with Gasteiger partial charge >= 0.3 is 0 Å². The van der Waals surface area contributed by atoms with Gasteiger partial charge in [0, 0.05) is 11.6 Å². The van der Waals surface area contributed by atoms with Crippen LogP contribution in [0.3, 0.4) is 0 Å². The highest BCUT2D eigenvalue weighted by Gasteiger charge is 2.13. The minimum atomic E-state index is -0.183. The van der Waals surface area contributed by atoms with Crippen molar-refractivity contribution in [3.8, 4) is 5.75 Å². The van der Waals surface area contributed by atoms with Gasteiger partial charge in [-0.25, -0.2) is 4.39 Å². The number of benzene rings is 1. The summed E-state index contributed by atoms with van der Waals surface area (Å²) in [6.07, 6.45) is 0.735. The molecule has 0 aliphatic carbocycles. The zero-order valence-electron chi connectivity index (χ0n) is 12.0. The van der Waals surface area contributed by atoms with E-state index in [4.69, 9.17) is 4.74 Å². The van der Waals surface area contributed by atoms with Crippen molar-refractivity contribution in [3.63, 3.8) is 0 Å². The molecule has 1 rings (SSSR count). The lowest BCUT2D eigenvalue weighted by Gasteiger charge is -2.23. The summed E-state index contributed by atoms with van der Waals surface area (Å²) in [5, 5.41) is 3.44. The van der Waals surface area contributed by atoms with E-state index in [9.17, 15) is 4.39 Å². The van der Waals surface area contributed by atoms with Crippen LogP contribution >= 0.6 is 0 Å². The number of ether oxygens (including phenoxy) is 1. The lowest BCUT2D eigenvalue weighted by atomic mass is 9.99. The summed E-state index contributed by atoms with van der Waals surface area (Å²) in [7, 11) is 1.55. The summed E-state index contributed by atoms with van der Waals surface area (Å²) in [5.41, 5.74) is 0.853. The monoisotopic (exact) mass is 253 g/mol. The average molecular weight is 253 g/mol. The van der Waals surface area contributed by atoms with Crippen molar-refractivity contribution >= 4 is 0 Å². The molecule has 2 nitrogen and oxygen atoms in total. The maximum absolute atomic E-state index is 13.8. The molecule has 0 aliphatic heterocycles. The highest BCUT2D eigenvalue weighted by molar-refractivity contribution is 5.29. The first-order valence-electron chi connectivity index (χ1n) is 6.39. The summed E-state index contributed by atoms with van der Waals surface area (Å²) < 4.78 is 18.8. The Balaban J connectivity index is 2.56. The van der Waals surface area contributed by atoms with Crippen LogP contribution < -0.4 is 10.1 Å². The maximum atomic E-state index is 13.8. The molecule has 1 unspecified atom stereocenters. The van der Waals surface area contributed by atoms with Crippen LogP contribution in [0.1, 0.15) is 33.3 Å². The second kappa shape index (κ2) is 6.19. The number of methoxy groups -OCH3 is 1. The predicted octanol–water partition coefficient (Wildman–Crippen LogP) is 3.40. The van der Waals surface area contributed by atoms with E-state index in [2.05, 4.69) is 33.0 Å². The summed E-state index contributed by atoms with van der Waals surface area (Å²) in [4.78, 5) is 0. The largest absolute Gasteiger partial charge is 0.497 e. The molecule has 1 aromatic carbocycles. The summed E-state index contributed by atoms with van der Waals surface area (Å²) >= 11 is 0. The van der Waals surface area contributed by atoms with E-state index in [0.29, 0.717) is 11.7 Å². The first kappa shape index (κ1) is 15.0. The smallest absolute Gasteiger partial charge is 0.130 e. The minimum absolute atomic E-state index is 0.104. The van der Waals surface area contributed by atoms with Crippen LogP contribution in [0.25, 0.3) is 0 Å². The molecule has 0 spiro atoms. The second-order valence-electron chi connectivity index (χ2n) is 5.90. The highest BCUT2D eigenvalue weighted by atomic mass is 19.1. The lowest BCUT2D eigenvalue weighted by Crippen LogP contribution is -2.39. The van der Waals surface area contributed by atoms with Crippen molar-refractivity contribution < 1.29 is 9.13 Å². The number of hydrogen-bond donors (Lipinski definition) is 1. The normalized spacial score (nSPS) is 13.4. The van der Waals surface area contributed by atoms with Crippen molar-refractivity contribution in [2.45, 2.75) is 39.7 Å². The molecule has 18 heavy (non-hydrogen) atoms. The van der Waals surface area contributed by atoms with Crippen LogP contribution in [-0.2, 0) is 6.42 Å². The van der Waals surface area contributed by atoms with Gasteiger partial charge in [-0.1, -0.05) is 13.0 Å². The van der Waals surface area contributed by atoms with Gasteiger partial charge in [0.2, 0.25) is 0 Å². The Morgan fingerprint density at radius 3 is 2.50 bits per heavy atom. The zero-order valence-corrected chi connectivity index (χ0v) is 12.0. The maximum Gasteiger partial charge on any atom is 0.130 e. The number of rotatable bonds is 5. The Morgan fingerprint density at radius 1 is 1.33 bits per heavy atom. The van der Waals surface area contributed by atoms with Gasteiger partial charge in [0.15, 0.2) is 0 Å². The van der Waals surface area contributed by atoms with Crippen LogP contribution in [-0.4, -0.2) is 19.2 Å². The molecule has 0 radical (unpaired) electrons. The summed E-state index contributed by atoms with van der Waals surface area (Å²) in [6, 6.07) is 5.06. The van der Waals surface area contributed by atoms with Gasteiger partial charge in [-0.05, 0) is 51.3 Å². The van der Waals surface area contributed by atoms with Crippen molar-refractivity contribution in [3.05, 3.63) is 29.6 Å². The molecule has 0 heterocycles. The third-order valence-electron chi connectivity index (χ3n) is 2.81. The standard InChI is InChI=1S/C15H24FNO/c1-11(10-17-15(2,3)4)8-12-6-7-13(18-5)9-14(12)16/h6-7,9,11,17H,8,10H2,1-5H3. The first-order valence-corrected chi connectivity index (χ1v) is 6.39. The third kappa shape index (κ3) is 5.05. The molecule has 3 heteroatoms. The van der Waals surface area contributed by atoms with E-state index in [1.165, 1.54) is 6.07 Å². The van der Waals surface area contributed by atoms with Gasteiger partial charge in [-0.15, -0.1) is 0 Å². The molecule has 0 aliphatic rings. The van der Waals surface area contributed by atoms with Gasteiger partial charge < -0.3 is 10.1 Å². The molecule has 1 aromatic rings. The van der Waals surface area contributed by atoms with Gasteiger partial charge in [0.1, 0.15) is 11.6 Å². The molecular formula is C15H24FNO. The fraction of sp³-hybridized carbons (Fsp3) is 0.600. The summed E-state index contributed by atoms with van der Waals surface area (Å²) in [5.74, 6) is 0.779. The van der Waals surface area contributed by atoms with E-state index >= 15 is 0 Å². The zero-order chi connectivity index (χ0) is 13.8. The van der Waals surface area contributed by atoms with Crippen LogP contribution in [0, 0.1) is 11.7 Å². The number of halogens is 1. The lowest BCUT2D eigenvalue weighted by molar-refractivity contribution is 0.379. The van der Waals surface area contributed by atoms with Gasteiger partial charge in [-0.3, -0.25) is 0 Å². The Kier molecular flexibility index (Phi) is 5.15. The molecule has 0 aromatic heterocycles. The Bertz CT molecular complexity index is 385. The molecule has 102 valence electrons. The van der Waals surface area contributed by atoms with Crippen molar-refractivity contribution in [2.75, 3.05) is 13.7 Å². The number of nitrogens with one attached hydrogen (secondary N) is 1. The summed E-state index contributed by atoms with van der Waals surface area (Å²) in [6.45, 7) is 9.41. The predicted molar refractivity (Wildman–Crippen MR) is 73.6 cm³/mol. The second-order valence-corrected chi connectivity index (χ2v) is 5.90. The molecule has 0 amide bonds. The van der Waals surface area contributed by atoms with Crippen molar-refractivity contribution in [1.29, 1.82) is 0 Å².